The van der Waals surface area contributed by atoms with Gasteiger partial charge in [0.05, 0.1) is 12.7 Å². The van der Waals surface area contributed by atoms with Crippen molar-refractivity contribution in [3.8, 4) is 17.1 Å². The van der Waals surface area contributed by atoms with Crippen LogP contribution in [-0.2, 0) is 12.8 Å². The van der Waals surface area contributed by atoms with E-state index in [-0.39, 0.29) is 0 Å². The molecule has 4 heteroatoms. The number of methoxy groups -OCH3 is 1. The Morgan fingerprint density at radius 3 is 2.75 bits per heavy atom. The van der Waals surface area contributed by atoms with Gasteiger partial charge in [-0.1, -0.05) is 17.7 Å². The van der Waals surface area contributed by atoms with Crippen molar-refractivity contribution in [3.63, 3.8) is 0 Å². The van der Waals surface area contributed by atoms with Crippen LogP contribution in [0.4, 0.5) is 0 Å². The SMILES string of the molecule is COc1cc(C)ccc1-c1nc(Cl)c2c(n1)CCCC2. The summed E-state index contributed by atoms with van der Waals surface area (Å²) in [5.41, 5.74) is 4.25. The molecule has 0 fully saturated rings. The fourth-order valence-corrected chi connectivity index (χ4v) is 2.94. The van der Waals surface area contributed by atoms with Crippen LogP contribution in [0, 0.1) is 6.92 Å². The van der Waals surface area contributed by atoms with E-state index in [2.05, 4.69) is 4.98 Å². The number of aromatic nitrogens is 2. The first-order valence-corrected chi connectivity index (χ1v) is 7.27. The van der Waals surface area contributed by atoms with Gasteiger partial charge in [-0.05, 0) is 50.3 Å². The topological polar surface area (TPSA) is 35.0 Å². The molecule has 0 unspecified atom stereocenters. The smallest absolute Gasteiger partial charge is 0.164 e. The van der Waals surface area contributed by atoms with Crippen LogP contribution in [0.25, 0.3) is 11.4 Å². The normalized spacial score (nSPS) is 13.9. The lowest BCUT2D eigenvalue weighted by atomic mass is 9.97. The monoisotopic (exact) mass is 288 g/mol. The Morgan fingerprint density at radius 1 is 1.15 bits per heavy atom. The summed E-state index contributed by atoms with van der Waals surface area (Å²) >= 11 is 6.33. The molecular weight excluding hydrogens is 272 g/mol. The second-order valence-electron chi connectivity index (χ2n) is 5.17. The highest BCUT2D eigenvalue weighted by atomic mass is 35.5. The number of fused-ring (bicyclic) bond motifs is 1. The summed E-state index contributed by atoms with van der Waals surface area (Å²) < 4.78 is 5.44. The summed E-state index contributed by atoms with van der Waals surface area (Å²) in [7, 11) is 1.66. The third-order valence-corrected chi connectivity index (χ3v) is 4.04. The predicted octanol–water partition coefficient (Wildman–Crippen LogP) is 3.99. The molecule has 1 aromatic carbocycles. The molecule has 3 rings (SSSR count). The van der Waals surface area contributed by atoms with E-state index in [9.17, 15) is 0 Å². The third kappa shape index (κ3) is 2.38. The van der Waals surface area contributed by atoms with Crippen LogP contribution in [0.1, 0.15) is 29.7 Å². The molecule has 0 amide bonds. The first-order valence-electron chi connectivity index (χ1n) is 6.89. The maximum Gasteiger partial charge on any atom is 0.164 e. The Morgan fingerprint density at radius 2 is 1.95 bits per heavy atom. The van der Waals surface area contributed by atoms with Crippen molar-refractivity contribution < 1.29 is 4.74 Å². The summed E-state index contributed by atoms with van der Waals surface area (Å²) in [6, 6.07) is 6.02. The largest absolute Gasteiger partial charge is 0.496 e. The lowest BCUT2D eigenvalue weighted by Crippen LogP contribution is -2.09. The minimum atomic E-state index is 0.590. The fraction of sp³-hybridized carbons (Fsp3) is 0.375. The van der Waals surface area contributed by atoms with Gasteiger partial charge in [0.15, 0.2) is 5.82 Å². The minimum Gasteiger partial charge on any atom is -0.496 e. The average molecular weight is 289 g/mol. The third-order valence-electron chi connectivity index (χ3n) is 3.73. The van der Waals surface area contributed by atoms with Crippen molar-refractivity contribution >= 4 is 11.6 Å². The van der Waals surface area contributed by atoms with Crippen LogP contribution < -0.4 is 4.74 Å². The van der Waals surface area contributed by atoms with Crippen molar-refractivity contribution in [1.29, 1.82) is 0 Å². The van der Waals surface area contributed by atoms with Gasteiger partial charge in [0.1, 0.15) is 10.9 Å². The molecule has 0 saturated carbocycles. The molecule has 0 spiro atoms. The van der Waals surface area contributed by atoms with Crippen molar-refractivity contribution in [3.05, 3.63) is 40.2 Å². The Balaban J connectivity index is 2.13. The number of ether oxygens (including phenoxy) is 1. The first-order chi connectivity index (χ1) is 9.69. The minimum absolute atomic E-state index is 0.590. The zero-order chi connectivity index (χ0) is 14.1. The van der Waals surface area contributed by atoms with Gasteiger partial charge in [-0.2, -0.15) is 0 Å². The van der Waals surface area contributed by atoms with Gasteiger partial charge >= 0.3 is 0 Å². The molecule has 1 aliphatic rings. The number of halogens is 1. The molecule has 0 bridgehead atoms. The van der Waals surface area contributed by atoms with E-state index < -0.39 is 0 Å². The number of aryl methyl sites for hydroxylation is 2. The van der Waals surface area contributed by atoms with E-state index >= 15 is 0 Å². The summed E-state index contributed by atoms with van der Waals surface area (Å²) in [5.74, 6) is 1.45. The first kappa shape index (κ1) is 13.4. The summed E-state index contributed by atoms with van der Waals surface area (Å²) in [6.07, 6.45) is 4.31. The zero-order valence-corrected chi connectivity index (χ0v) is 12.5. The van der Waals surface area contributed by atoms with Crippen LogP contribution in [0.5, 0.6) is 5.75 Å². The summed E-state index contributed by atoms with van der Waals surface area (Å²) in [5, 5.41) is 0.590. The molecular formula is C16H17ClN2O. The molecule has 0 saturated heterocycles. The Labute approximate surface area is 124 Å². The van der Waals surface area contributed by atoms with Gasteiger partial charge in [0, 0.05) is 11.3 Å². The maximum absolute atomic E-state index is 6.33. The Kier molecular flexibility index (Phi) is 3.62. The van der Waals surface area contributed by atoms with Gasteiger partial charge in [-0.25, -0.2) is 9.97 Å². The van der Waals surface area contributed by atoms with Crippen LogP contribution >= 0.6 is 11.6 Å². The molecule has 0 aliphatic heterocycles. The second kappa shape index (κ2) is 5.41. The van der Waals surface area contributed by atoms with E-state index in [0.29, 0.717) is 11.0 Å². The van der Waals surface area contributed by atoms with E-state index in [1.165, 1.54) is 12.8 Å². The zero-order valence-electron chi connectivity index (χ0n) is 11.7. The van der Waals surface area contributed by atoms with Crippen molar-refractivity contribution in [2.24, 2.45) is 0 Å². The van der Waals surface area contributed by atoms with Crippen molar-refractivity contribution in [2.45, 2.75) is 32.6 Å². The van der Waals surface area contributed by atoms with Gasteiger partial charge in [0.25, 0.3) is 0 Å². The van der Waals surface area contributed by atoms with Crippen LogP contribution in [0.2, 0.25) is 5.15 Å². The molecule has 2 aromatic rings. The van der Waals surface area contributed by atoms with Crippen molar-refractivity contribution in [2.75, 3.05) is 7.11 Å². The molecule has 1 aromatic heterocycles. The number of benzene rings is 1. The summed E-state index contributed by atoms with van der Waals surface area (Å²) in [4.78, 5) is 9.18. The van der Waals surface area contributed by atoms with Gasteiger partial charge in [-0.3, -0.25) is 0 Å². The van der Waals surface area contributed by atoms with Crippen LogP contribution in [-0.4, -0.2) is 17.1 Å². The number of nitrogens with zero attached hydrogens (tertiary/aromatic N) is 2. The van der Waals surface area contributed by atoms with Gasteiger partial charge in [0.2, 0.25) is 0 Å². The molecule has 1 aliphatic carbocycles. The molecule has 0 radical (unpaired) electrons. The van der Waals surface area contributed by atoms with E-state index in [1.807, 2.05) is 25.1 Å². The van der Waals surface area contributed by atoms with E-state index in [0.717, 1.165) is 41.0 Å². The second-order valence-corrected chi connectivity index (χ2v) is 5.53. The number of hydrogen-bond donors (Lipinski definition) is 0. The standard InChI is InChI=1S/C16H17ClN2O/c1-10-7-8-12(14(9-10)20-2)16-18-13-6-4-3-5-11(13)15(17)19-16/h7-9H,3-6H2,1-2H3. The van der Waals surface area contributed by atoms with E-state index in [1.54, 1.807) is 7.11 Å². The lowest BCUT2D eigenvalue weighted by Gasteiger charge is -2.17. The Bertz CT molecular complexity index is 655. The quantitative estimate of drug-likeness (QED) is 0.784. The molecule has 1 heterocycles. The van der Waals surface area contributed by atoms with Crippen LogP contribution in [0.3, 0.4) is 0 Å². The van der Waals surface area contributed by atoms with E-state index in [4.69, 9.17) is 21.3 Å². The van der Waals surface area contributed by atoms with Gasteiger partial charge in [-0.15, -0.1) is 0 Å². The van der Waals surface area contributed by atoms with Gasteiger partial charge < -0.3 is 4.74 Å². The molecule has 0 N–H and O–H groups in total. The fourth-order valence-electron chi connectivity index (χ4n) is 2.65. The maximum atomic E-state index is 6.33. The summed E-state index contributed by atoms with van der Waals surface area (Å²) in [6.45, 7) is 2.03. The number of hydrogen-bond acceptors (Lipinski definition) is 3. The molecule has 104 valence electrons. The highest BCUT2D eigenvalue weighted by molar-refractivity contribution is 6.30. The molecule has 20 heavy (non-hydrogen) atoms. The predicted molar refractivity (Wildman–Crippen MR) is 80.4 cm³/mol. The van der Waals surface area contributed by atoms with Crippen molar-refractivity contribution in [1.82, 2.24) is 9.97 Å². The highest BCUT2D eigenvalue weighted by Gasteiger charge is 2.18. The highest BCUT2D eigenvalue weighted by Crippen LogP contribution is 2.32. The average Bonchev–Trinajstić information content (AvgIpc) is 2.47. The van der Waals surface area contributed by atoms with Crippen LogP contribution in [0.15, 0.2) is 18.2 Å². The molecule has 0 atom stereocenters. The number of rotatable bonds is 2. The lowest BCUT2D eigenvalue weighted by molar-refractivity contribution is 0.416. The molecule has 3 nitrogen and oxygen atoms in total. The Hall–Kier alpha value is -1.61.